The van der Waals surface area contributed by atoms with Crippen LogP contribution in [0.1, 0.15) is 29.2 Å². The molecule has 0 radical (unpaired) electrons. The van der Waals surface area contributed by atoms with E-state index < -0.39 is 28.5 Å². The topological polar surface area (TPSA) is 96.0 Å². The lowest BCUT2D eigenvalue weighted by Crippen LogP contribution is -2.53. The highest BCUT2D eigenvalue weighted by Gasteiger charge is 2.34. The summed E-state index contributed by atoms with van der Waals surface area (Å²) in [5, 5.41) is 2.88. The first-order valence-corrected chi connectivity index (χ1v) is 16.0. The number of nitrogens with zero attached hydrogens (tertiary/aromatic N) is 2. The number of rotatable bonds is 13. The Balaban J connectivity index is 1.82. The van der Waals surface area contributed by atoms with Gasteiger partial charge >= 0.3 is 0 Å². The third-order valence-corrected chi connectivity index (χ3v) is 9.00. The second-order valence-corrected chi connectivity index (χ2v) is 12.5. The average molecular weight is 614 g/mol. The Hall–Kier alpha value is -4.63. The molecule has 0 saturated heterocycles. The van der Waals surface area contributed by atoms with E-state index in [-0.39, 0.29) is 23.8 Å². The molecule has 0 aliphatic heterocycles. The Labute approximate surface area is 260 Å². The van der Waals surface area contributed by atoms with Crippen LogP contribution in [0.3, 0.4) is 0 Å². The number of likely N-dealkylation sites (N-methyl/N-ethyl adjacent to an activating group) is 1. The van der Waals surface area contributed by atoms with Gasteiger partial charge in [-0.2, -0.15) is 0 Å². The van der Waals surface area contributed by atoms with E-state index in [2.05, 4.69) is 5.32 Å². The molecule has 4 aromatic carbocycles. The van der Waals surface area contributed by atoms with Crippen LogP contribution in [-0.2, 0) is 32.6 Å². The summed E-state index contributed by atoms with van der Waals surface area (Å²) in [4.78, 5) is 29.6. The van der Waals surface area contributed by atoms with Crippen LogP contribution in [0.15, 0.2) is 108 Å². The molecule has 0 aliphatic carbocycles. The number of benzene rings is 4. The second-order valence-electron chi connectivity index (χ2n) is 10.6. The first-order chi connectivity index (χ1) is 21.1. The van der Waals surface area contributed by atoms with Gasteiger partial charge in [0.15, 0.2) is 0 Å². The van der Waals surface area contributed by atoms with Crippen molar-refractivity contribution in [1.29, 1.82) is 0 Å². The lowest BCUT2D eigenvalue weighted by atomic mass is 10.0. The van der Waals surface area contributed by atoms with Crippen molar-refractivity contribution in [3.05, 3.63) is 125 Å². The Morgan fingerprint density at radius 1 is 0.818 bits per heavy atom. The lowest BCUT2D eigenvalue weighted by Gasteiger charge is -2.34. The number of carbonyl (C=O) groups excluding carboxylic acids is 2. The largest absolute Gasteiger partial charge is 0.497 e. The first kappa shape index (κ1) is 32.3. The van der Waals surface area contributed by atoms with Crippen molar-refractivity contribution < 1.29 is 22.7 Å². The van der Waals surface area contributed by atoms with Gasteiger partial charge in [-0.15, -0.1) is 0 Å². The number of hydrogen-bond donors (Lipinski definition) is 1. The molecule has 4 aromatic rings. The molecule has 0 aromatic heterocycles. The molecule has 0 aliphatic rings. The Kier molecular flexibility index (Phi) is 10.8. The van der Waals surface area contributed by atoms with Crippen molar-refractivity contribution in [3.8, 4) is 5.75 Å². The number of amides is 2. The summed E-state index contributed by atoms with van der Waals surface area (Å²) in [7, 11) is -2.59. The van der Waals surface area contributed by atoms with Gasteiger partial charge in [-0.25, -0.2) is 8.42 Å². The Morgan fingerprint density at radius 3 is 2.05 bits per heavy atom. The van der Waals surface area contributed by atoms with E-state index in [1.165, 1.54) is 17.0 Å². The van der Waals surface area contributed by atoms with Gasteiger partial charge in [0.2, 0.25) is 11.8 Å². The van der Waals surface area contributed by atoms with Crippen molar-refractivity contribution >= 4 is 27.5 Å². The minimum Gasteiger partial charge on any atom is -0.497 e. The van der Waals surface area contributed by atoms with Crippen LogP contribution in [0.4, 0.5) is 5.69 Å². The van der Waals surface area contributed by atoms with Gasteiger partial charge in [-0.1, -0.05) is 66.7 Å². The minimum atomic E-state index is -4.15. The van der Waals surface area contributed by atoms with E-state index in [9.17, 15) is 18.0 Å². The van der Waals surface area contributed by atoms with E-state index in [1.54, 1.807) is 49.6 Å². The van der Waals surface area contributed by atoms with E-state index in [0.29, 0.717) is 18.0 Å². The van der Waals surface area contributed by atoms with Gasteiger partial charge in [-0.05, 0) is 79.4 Å². The highest BCUT2D eigenvalue weighted by molar-refractivity contribution is 7.92. The molecule has 230 valence electrons. The third kappa shape index (κ3) is 8.05. The molecule has 2 amide bonds. The molecule has 0 bridgehead atoms. The fraction of sp³-hybridized carbons (Fsp3) is 0.257. The maximum Gasteiger partial charge on any atom is 0.264 e. The van der Waals surface area contributed by atoms with Gasteiger partial charge in [0.05, 0.1) is 17.7 Å². The summed E-state index contributed by atoms with van der Waals surface area (Å²) < 4.78 is 34.8. The van der Waals surface area contributed by atoms with Crippen molar-refractivity contribution in [3.63, 3.8) is 0 Å². The third-order valence-electron chi connectivity index (χ3n) is 7.21. The summed E-state index contributed by atoms with van der Waals surface area (Å²) in [5.74, 6) is -0.230. The van der Waals surface area contributed by atoms with Crippen LogP contribution in [-0.4, -0.2) is 51.4 Å². The molecule has 0 heterocycles. The predicted molar refractivity (Wildman–Crippen MR) is 173 cm³/mol. The Morgan fingerprint density at radius 2 is 1.43 bits per heavy atom. The molecule has 0 saturated carbocycles. The number of nitrogens with one attached hydrogen (secondary N) is 1. The van der Waals surface area contributed by atoms with Gasteiger partial charge in [0.1, 0.15) is 18.3 Å². The zero-order valence-corrected chi connectivity index (χ0v) is 26.4. The zero-order chi connectivity index (χ0) is 31.7. The average Bonchev–Trinajstić information content (AvgIpc) is 3.02. The molecule has 1 unspecified atom stereocenters. The standard InChI is InChI=1S/C35H39N3O5S/c1-5-36-35(40)33(23-28-13-8-6-9-14-28)37(24-29-15-12-16-31(22-29)43-4)34(39)25-38(30-20-26(2)19-27(3)21-30)44(41,42)32-17-10-7-11-18-32/h6-22,33H,5,23-25H2,1-4H3,(H,36,40). The van der Waals surface area contributed by atoms with Crippen molar-refractivity contribution in [2.75, 3.05) is 24.5 Å². The number of carbonyl (C=O) groups is 2. The van der Waals surface area contributed by atoms with Crippen LogP contribution in [0.5, 0.6) is 5.75 Å². The summed E-state index contributed by atoms with van der Waals surface area (Å²) >= 11 is 0. The molecule has 44 heavy (non-hydrogen) atoms. The van der Waals surface area contributed by atoms with Gasteiger partial charge in [-0.3, -0.25) is 13.9 Å². The van der Waals surface area contributed by atoms with E-state index in [4.69, 9.17) is 4.74 Å². The van der Waals surface area contributed by atoms with Crippen LogP contribution in [0.2, 0.25) is 0 Å². The van der Waals surface area contributed by atoms with Gasteiger partial charge < -0.3 is 15.0 Å². The molecule has 9 heteroatoms. The molecule has 1 atom stereocenters. The first-order valence-electron chi connectivity index (χ1n) is 14.5. The number of sulfonamides is 1. The highest BCUT2D eigenvalue weighted by atomic mass is 32.2. The van der Waals surface area contributed by atoms with E-state index in [1.807, 2.05) is 69.3 Å². The Bertz CT molecular complexity index is 1660. The van der Waals surface area contributed by atoms with Crippen LogP contribution in [0, 0.1) is 13.8 Å². The molecule has 0 spiro atoms. The maximum atomic E-state index is 14.5. The van der Waals surface area contributed by atoms with Crippen LogP contribution in [0.25, 0.3) is 0 Å². The predicted octanol–water partition coefficient (Wildman–Crippen LogP) is 5.28. The molecule has 1 N–H and O–H groups in total. The number of anilines is 1. The zero-order valence-electron chi connectivity index (χ0n) is 25.6. The monoisotopic (exact) mass is 613 g/mol. The minimum absolute atomic E-state index is 0.0656. The fourth-order valence-electron chi connectivity index (χ4n) is 5.16. The molecular formula is C35H39N3O5S. The van der Waals surface area contributed by atoms with Crippen molar-refractivity contribution in [2.24, 2.45) is 0 Å². The normalized spacial score (nSPS) is 11.8. The second kappa shape index (κ2) is 14.7. The number of ether oxygens (including phenoxy) is 1. The van der Waals surface area contributed by atoms with Gasteiger partial charge in [0.25, 0.3) is 10.0 Å². The number of aryl methyl sites for hydroxylation is 2. The number of methoxy groups -OCH3 is 1. The molecule has 0 fully saturated rings. The van der Waals surface area contributed by atoms with Crippen molar-refractivity contribution in [2.45, 2.75) is 44.7 Å². The van der Waals surface area contributed by atoms with E-state index >= 15 is 0 Å². The lowest BCUT2D eigenvalue weighted by molar-refractivity contribution is -0.140. The molecule has 4 rings (SSSR count). The summed E-state index contributed by atoms with van der Waals surface area (Å²) in [6, 6.07) is 29.3. The van der Waals surface area contributed by atoms with Crippen molar-refractivity contribution in [1.82, 2.24) is 10.2 Å². The van der Waals surface area contributed by atoms with Crippen LogP contribution >= 0.6 is 0 Å². The molecular weight excluding hydrogens is 574 g/mol. The van der Waals surface area contributed by atoms with Crippen LogP contribution < -0.4 is 14.4 Å². The maximum absolute atomic E-state index is 14.5. The summed E-state index contributed by atoms with van der Waals surface area (Å²) in [6.07, 6.45) is 0.247. The molecule has 8 nitrogen and oxygen atoms in total. The van der Waals surface area contributed by atoms with Gasteiger partial charge in [0, 0.05) is 19.5 Å². The smallest absolute Gasteiger partial charge is 0.264 e. The summed E-state index contributed by atoms with van der Waals surface area (Å²) in [5.41, 5.74) is 3.70. The quantitative estimate of drug-likeness (QED) is 0.221. The van der Waals surface area contributed by atoms with E-state index in [0.717, 1.165) is 26.6 Å². The summed E-state index contributed by atoms with van der Waals surface area (Å²) in [6.45, 7) is 5.52. The highest BCUT2D eigenvalue weighted by Crippen LogP contribution is 2.27. The number of hydrogen-bond acceptors (Lipinski definition) is 5. The SMILES string of the molecule is CCNC(=O)C(Cc1ccccc1)N(Cc1cccc(OC)c1)C(=O)CN(c1cc(C)cc(C)c1)S(=O)(=O)c1ccccc1. The fourth-order valence-corrected chi connectivity index (χ4v) is 6.58.